The molecule has 30 heavy (non-hydrogen) atoms. The highest BCUT2D eigenvalue weighted by atomic mass is 16.5. The summed E-state index contributed by atoms with van der Waals surface area (Å²) in [7, 11) is 0. The van der Waals surface area contributed by atoms with E-state index in [0.717, 1.165) is 36.8 Å². The van der Waals surface area contributed by atoms with Crippen molar-refractivity contribution in [2.75, 3.05) is 6.61 Å². The Bertz CT molecular complexity index is 1050. The molecule has 0 unspecified atom stereocenters. The average Bonchev–Trinajstić information content (AvgIpc) is 2.78. The van der Waals surface area contributed by atoms with Crippen LogP contribution in [0.4, 0.5) is 0 Å². The Morgan fingerprint density at radius 2 is 1.77 bits per heavy atom. The summed E-state index contributed by atoms with van der Waals surface area (Å²) >= 11 is 0. The van der Waals surface area contributed by atoms with Gasteiger partial charge >= 0.3 is 5.97 Å². The molecule has 5 nitrogen and oxygen atoms in total. The molecule has 2 aromatic carbocycles. The number of rotatable bonds is 5. The minimum Gasteiger partial charge on any atom is -0.452 e. The van der Waals surface area contributed by atoms with E-state index < -0.39 is 5.97 Å². The molecule has 0 spiro atoms. The summed E-state index contributed by atoms with van der Waals surface area (Å²) < 4.78 is 5.37. The molecule has 0 bridgehead atoms. The molecule has 0 aliphatic heterocycles. The molecule has 1 heterocycles. The summed E-state index contributed by atoms with van der Waals surface area (Å²) in [6.45, 7) is 1.75. The normalized spacial score (nSPS) is 14.4. The van der Waals surface area contributed by atoms with Gasteiger partial charge in [-0.2, -0.15) is 0 Å². The molecule has 1 amide bonds. The molecule has 1 aliphatic carbocycles. The molecular weight excluding hydrogens is 376 g/mol. The van der Waals surface area contributed by atoms with E-state index in [9.17, 15) is 9.59 Å². The van der Waals surface area contributed by atoms with Gasteiger partial charge in [0.2, 0.25) is 0 Å². The number of aromatic nitrogens is 1. The first-order valence-corrected chi connectivity index (χ1v) is 10.5. The summed E-state index contributed by atoms with van der Waals surface area (Å²) in [5, 5.41) is 3.69. The molecule has 1 fully saturated rings. The maximum Gasteiger partial charge on any atom is 0.339 e. The van der Waals surface area contributed by atoms with Crippen LogP contribution < -0.4 is 5.32 Å². The number of esters is 1. The highest BCUT2D eigenvalue weighted by Gasteiger charge is 2.19. The second-order valence-corrected chi connectivity index (χ2v) is 7.92. The Morgan fingerprint density at radius 3 is 2.53 bits per heavy atom. The summed E-state index contributed by atoms with van der Waals surface area (Å²) in [5.41, 5.74) is 3.92. The van der Waals surface area contributed by atoms with Gasteiger partial charge in [0.25, 0.3) is 5.91 Å². The van der Waals surface area contributed by atoms with E-state index in [-0.39, 0.29) is 18.6 Å². The van der Waals surface area contributed by atoms with Crippen molar-refractivity contribution in [1.82, 2.24) is 10.3 Å². The molecule has 4 rings (SSSR count). The SMILES string of the molecule is Cc1ccc(-c2cc(C(=O)OCC(=O)NC3CCCCC3)c3ccccc3n2)cc1. The van der Waals surface area contributed by atoms with Crippen molar-refractivity contribution >= 4 is 22.8 Å². The van der Waals surface area contributed by atoms with Crippen molar-refractivity contribution in [3.05, 3.63) is 65.7 Å². The minimum absolute atomic E-state index is 0.194. The van der Waals surface area contributed by atoms with Crippen LogP contribution in [0, 0.1) is 6.92 Å². The van der Waals surface area contributed by atoms with Crippen molar-refractivity contribution in [2.45, 2.75) is 45.1 Å². The van der Waals surface area contributed by atoms with Gasteiger partial charge in [0.1, 0.15) is 0 Å². The largest absolute Gasteiger partial charge is 0.452 e. The molecule has 0 radical (unpaired) electrons. The number of aryl methyl sites for hydroxylation is 1. The van der Waals surface area contributed by atoms with E-state index >= 15 is 0 Å². The van der Waals surface area contributed by atoms with Crippen LogP contribution >= 0.6 is 0 Å². The molecule has 1 N–H and O–H groups in total. The fraction of sp³-hybridized carbons (Fsp3) is 0.320. The number of nitrogens with zero attached hydrogens (tertiary/aromatic N) is 1. The topological polar surface area (TPSA) is 68.3 Å². The summed E-state index contributed by atoms with van der Waals surface area (Å²) in [5.74, 6) is -0.756. The fourth-order valence-corrected chi connectivity index (χ4v) is 3.94. The number of benzene rings is 2. The molecule has 1 saturated carbocycles. The van der Waals surface area contributed by atoms with Crippen LogP contribution in [0.25, 0.3) is 22.2 Å². The Hall–Kier alpha value is -3.21. The third-order valence-electron chi connectivity index (χ3n) is 5.59. The van der Waals surface area contributed by atoms with Crippen molar-refractivity contribution in [3.8, 4) is 11.3 Å². The highest BCUT2D eigenvalue weighted by Crippen LogP contribution is 2.26. The Kier molecular flexibility index (Phi) is 6.07. The number of para-hydroxylation sites is 1. The number of carbonyl (C=O) groups is 2. The van der Waals surface area contributed by atoms with E-state index in [1.807, 2.05) is 55.5 Å². The first-order chi connectivity index (χ1) is 14.6. The molecular formula is C25H26N2O3. The lowest BCUT2D eigenvalue weighted by atomic mass is 9.95. The van der Waals surface area contributed by atoms with Gasteiger partial charge in [-0.1, -0.05) is 67.3 Å². The number of nitrogens with one attached hydrogen (secondary N) is 1. The van der Waals surface area contributed by atoms with Crippen molar-refractivity contribution < 1.29 is 14.3 Å². The lowest BCUT2D eigenvalue weighted by molar-refractivity contribution is -0.125. The minimum atomic E-state index is -0.513. The van der Waals surface area contributed by atoms with Gasteiger partial charge in [0.05, 0.1) is 16.8 Å². The zero-order valence-corrected chi connectivity index (χ0v) is 17.2. The number of carbonyl (C=O) groups excluding carboxylic acids is 2. The highest BCUT2D eigenvalue weighted by molar-refractivity contribution is 6.05. The second kappa shape index (κ2) is 9.08. The molecule has 3 aromatic rings. The zero-order chi connectivity index (χ0) is 20.9. The van der Waals surface area contributed by atoms with Gasteiger partial charge in [-0.15, -0.1) is 0 Å². The van der Waals surface area contributed by atoms with Gasteiger partial charge in [-0.25, -0.2) is 9.78 Å². The maximum absolute atomic E-state index is 12.9. The first-order valence-electron chi connectivity index (χ1n) is 10.5. The molecule has 1 aromatic heterocycles. The van der Waals surface area contributed by atoms with Crippen LogP contribution in [0.2, 0.25) is 0 Å². The maximum atomic E-state index is 12.9. The molecule has 5 heteroatoms. The van der Waals surface area contributed by atoms with Crippen LogP contribution in [-0.2, 0) is 9.53 Å². The van der Waals surface area contributed by atoms with Gasteiger partial charge in [0.15, 0.2) is 6.61 Å². The standard InChI is InChI=1S/C25H26N2O3/c1-17-11-13-18(14-12-17)23-15-21(20-9-5-6-10-22(20)27-23)25(29)30-16-24(28)26-19-7-3-2-4-8-19/h5-6,9-15,19H,2-4,7-8,16H2,1H3,(H,26,28). The van der Waals surface area contributed by atoms with Gasteiger partial charge in [-0.3, -0.25) is 4.79 Å². The number of amides is 1. The van der Waals surface area contributed by atoms with Crippen LogP contribution in [0.5, 0.6) is 0 Å². The average molecular weight is 402 g/mol. The lowest BCUT2D eigenvalue weighted by Gasteiger charge is -2.22. The Morgan fingerprint density at radius 1 is 1.03 bits per heavy atom. The summed E-state index contributed by atoms with van der Waals surface area (Å²) in [6.07, 6.45) is 5.48. The van der Waals surface area contributed by atoms with Crippen LogP contribution in [0.15, 0.2) is 54.6 Å². The first kappa shape index (κ1) is 20.1. The van der Waals surface area contributed by atoms with Crippen LogP contribution in [0.1, 0.15) is 48.0 Å². The third-order valence-corrected chi connectivity index (χ3v) is 5.59. The Balaban J connectivity index is 1.53. The van der Waals surface area contributed by atoms with E-state index in [1.54, 1.807) is 6.07 Å². The lowest BCUT2D eigenvalue weighted by Crippen LogP contribution is -2.38. The van der Waals surface area contributed by atoms with E-state index in [4.69, 9.17) is 9.72 Å². The van der Waals surface area contributed by atoms with Crippen LogP contribution in [0.3, 0.4) is 0 Å². The molecule has 0 saturated heterocycles. The molecule has 1 aliphatic rings. The van der Waals surface area contributed by atoms with E-state index in [0.29, 0.717) is 22.2 Å². The summed E-state index contributed by atoms with van der Waals surface area (Å²) in [6, 6.07) is 17.4. The number of hydrogen-bond acceptors (Lipinski definition) is 4. The number of ether oxygens (including phenoxy) is 1. The van der Waals surface area contributed by atoms with Crippen molar-refractivity contribution in [3.63, 3.8) is 0 Å². The zero-order valence-electron chi connectivity index (χ0n) is 17.2. The second-order valence-electron chi connectivity index (χ2n) is 7.92. The van der Waals surface area contributed by atoms with Gasteiger partial charge < -0.3 is 10.1 Å². The fourth-order valence-electron chi connectivity index (χ4n) is 3.94. The predicted molar refractivity (Wildman–Crippen MR) is 117 cm³/mol. The Labute approximate surface area is 176 Å². The molecule has 0 atom stereocenters. The number of hydrogen-bond donors (Lipinski definition) is 1. The quantitative estimate of drug-likeness (QED) is 0.622. The predicted octanol–water partition coefficient (Wildman–Crippen LogP) is 4.82. The van der Waals surface area contributed by atoms with Crippen molar-refractivity contribution in [2.24, 2.45) is 0 Å². The van der Waals surface area contributed by atoms with E-state index in [1.165, 1.54) is 6.42 Å². The van der Waals surface area contributed by atoms with Gasteiger partial charge in [0, 0.05) is 17.0 Å². The number of pyridine rings is 1. The van der Waals surface area contributed by atoms with Crippen LogP contribution in [-0.4, -0.2) is 29.5 Å². The van der Waals surface area contributed by atoms with E-state index in [2.05, 4.69) is 5.32 Å². The monoisotopic (exact) mass is 402 g/mol. The van der Waals surface area contributed by atoms with Gasteiger partial charge in [-0.05, 0) is 31.9 Å². The molecule has 154 valence electrons. The number of fused-ring (bicyclic) bond motifs is 1. The van der Waals surface area contributed by atoms with Crippen molar-refractivity contribution in [1.29, 1.82) is 0 Å². The smallest absolute Gasteiger partial charge is 0.339 e. The third kappa shape index (κ3) is 4.67. The summed E-state index contributed by atoms with van der Waals surface area (Å²) in [4.78, 5) is 29.8.